The molecular formula is C54H100O10. The highest BCUT2D eigenvalue weighted by atomic mass is 16.7. The maximum Gasteiger partial charge on any atom is 0.306 e. The maximum atomic E-state index is 12.8. The summed E-state index contributed by atoms with van der Waals surface area (Å²) in [5, 5.41) is 40.2. The molecule has 6 atom stereocenters. The summed E-state index contributed by atoms with van der Waals surface area (Å²) < 4.78 is 22.2. The van der Waals surface area contributed by atoms with Crippen LogP contribution in [0.3, 0.4) is 0 Å². The van der Waals surface area contributed by atoms with E-state index in [0.717, 1.165) is 57.8 Å². The Hall–Kier alpha value is -1.82. The molecule has 0 radical (unpaired) electrons. The summed E-state index contributed by atoms with van der Waals surface area (Å²) in [5.74, 6) is -0.810. The number of carbonyl (C=O) groups excluding carboxylic acids is 2. The van der Waals surface area contributed by atoms with Crippen LogP contribution in [0.5, 0.6) is 0 Å². The van der Waals surface area contributed by atoms with Crippen molar-refractivity contribution >= 4 is 11.9 Å². The predicted molar refractivity (Wildman–Crippen MR) is 261 cm³/mol. The molecule has 10 nitrogen and oxygen atoms in total. The number of aliphatic hydroxyl groups excluding tert-OH is 4. The molecule has 376 valence electrons. The molecule has 1 fully saturated rings. The van der Waals surface area contributed by atoms with Gasteiger partial charge in [-0.3, -0.25) is 9.59 Å². The van der Waals surface area contributed by atoms with E-state index in [1.54, 1.807) is 0 Å². The molecule has 10 heteroatoms. The van der Waals surface area contributed by atoms with Gasteiger partial charge in [-0.05, 0) is 44.9 Å². The smallest absolute Gasteiger partial charge is 0.306 e. The zero-order valence-electron chi connectivity index (χ0n) is 41.3. The maximum absolute atomic E-state index is 12.8. The highest BCUT2D eigenvalue weighted by Crippen LogP contribution is 2.23. The van der Waals surface area contributed by atoms with Crippen LogP contribution in [-0.4, -0.2) is 89.0 Å². The molecule has 1 rings (SSSR count). The van der Waals surface area contributed by atoms with E-state index in [4.69, 9.17) is 18.9 Å². The minimum absolute atomic E-state index is 0.217. The summed E-state index contributed by atoms with van der Waals surface area (Å²) in [6.45, 7) is 3.42. The summed E-state index contributed by atoms with van der Waals surface area (Å²) in [4.78, 5) is 25.5. The Bertz CT molecular complexity index is 1100. The summed E-state index contributed by atoms with van der Waals surface area (Å²) in [7, 11) is 0. The predicted octanol–water partition coefficient (Wildman–Crippen LogP) is 12.8. The van der Waals surface area contributed by atoms with Crippen molar-refractivity contribution in [3.8, 4) is 0 Å². The van der Waals surface area contributed by atoms with Gasteiger partial charge in [0.15, 0.2) is 12.4 Å². The van der Waals surface area contributed by atoms with E-state index >= 15 is 0 Å². The van der Waals surface area contributed by atoms with Gasteiger partial charge in [0.2, 0.25) is 0 Å². The standard InChI is InChI=1S/C54H100O10/c1-3-5-7-9-11-13-15-17-19-20-21-22-23-24-25-26-27-29-30-32-34-36-38-40-42-49(56)61-45-47(46-62-54-53(60)52(59)51(58)48(44-55)64-54)63-50(57)43-41-39-37-35-33-31-28-18-16-14-12-10-8-6-4-2/h12,14,18,28,47-48,51-55,58-60H,3-11,13,15-17,19-27,29-46H2,1-2H3/b14-12-,28-18-. The topological polar surface area (TPSA) is 152 Å². The van der Waals surface area contributed by atoms with Crippen molar-refractivity contribution in [2.75, 3.05) is 19.8 Å². The summed E-state index contributed by atoms with van der Waals surface area (Å²) in [6.07, 6.45) is 44.8. The average molecular weight is 909 g/mol. The molecule has 0 amide bonds. The van der Waals surface area contributed by atoms with Gasteiger partial charge in [0.1, 0.15) is 31.0 Å². The van der Waals surface area contributed by atoms with Crippen molar-refractivity contribution < 1.29 is 49.0 Å². The van der Waals surface area contributed by atoms with Crippen LogP contribution in [0.1, 0.15) is 251 Å². The van der Waals surface area contributed by atoms with Gasteiger partial charge in [-0.15, -0.1) is 0 Å². The number of unbranched alkanes of at least 4 members (excludes halogenated alkanes) is 31. The molecule has 1 aliphatic heterocycles. The number of hydrogen-bond acceptors (Lipinski definition) is 10. The monoisotopic (exact) mass is 909 g/mol. The molecule has 0 saturated carbocycles. The summed E-state index contributed by atoms with van der Waals surface area (Å²) in [5.41, 5.74) is 0. The lowest BCUT2D eigenvalue weighted by atomic mass is 9.99. The van der Waals surface area contributed by atoms with Gasteiger partial charge in [0.05, 0.1) is 13.2 Å². The largest absolute Gasteiger partial charge is 0.462 e. The third-order valence-corrected chi connectivity index (χ3v) is 12.6. The first kappa shape index (κ1) is 60.2. The molecule has 0 aliphatic carbocycles. The van der Waals surface area contributed by atoms with E-state index in [1.807, 2.05) is 0 Å². The van der Waals surface area contributed by atoms with Crippen LogP contribution in [0, 0.1) is 0 Å². The van der Waals surface area contributed by atoms with Gasteiger partial charge in [-0.1, -0.05) is 218 Å². The molecule has 0 bridgehead atoms. The minimum Gasteiger partial charge on any atom is -0.462 e. The van der Waals surface area contributed by atoms with Crippen molar-refractivity contribution in [1.82, 2.24) is 0 Å². The number of allylic oxidation sites excluding steroid dienone is 4. The van der Waals surface area contributed by atoms with Crippen molar-refractivity contribution in [3.05, 3.63) is 24.3 Å². The van der Waals surface area contributed by atoms with Crippen LogP contribution in [0.25, 0.3) is 0 Å². The van der Waals surface area contributed by atoms with E-state index in [1.165, 1.54) is 161 Å². The van der Waals surface area contributed by atoms with E-state index < -0.39 is 49.4 Å². The molecule has 64 heavy (non-hydrogen) atoms. The Labute approximate surface area is 392 Å². The average Bonchev–Trinajstić information content (AvgIpc) is 3.29. The Balaban J connectivity index is 2.20. The van der Waals surface area contributed by atoms with Gasteiger partial charge in [-0.2, -0.15) is 0 Å². The number of aliphatic hydroxyl groups is 4. The van der Waals surface area contributed by atoms with Crippen molar-refractivity contribution in [2.45, 2.75) is 288 Å². The second kappa shape index (κ2) is 45.0. The van der Waals surface area contributed by atoms with Crippen LogP contribution >= 0.6 is 0 Å². The van der Waals surface area contributed by atoms with Crippen LogP contribution in [0.2, 0.25) is 0 Å². The van der Waals surface area contributed by atoms with E-state index in [2.05, 4.69) is 38.2 Å². The van der Waals surface area contributed by atoms with E-state index in [-0.39, 0.29) is 32.0 Å². The third kappa shape index (κ3) is 35.4. The van der Waals surface area contributed by atoms with Gasteiger partial charge < -0.3 is 39.4 Å². The molecule has 1 heterocycles. The molecule has 1 saturated heterocycles. The number of hydrogen-bond donors (Lipinski definition) is 4. The Morgan fingerprint density at radius 1 is 0.484 bits per heavy atom. The van der Waals surface area contributed by atoms with Crippen molar-refractivity contribution in [3.63, 3.8) is 0 Å². The van der Waals surface area contributed by atoms with E-state index in [9.17, 15) is 30.0 Å². The third-order valence-electron chi connectivity index (χ3n) is 12.6. The first-order chi connectivity index (χ1) is 31.3. The Morgan fingerprint density at radius 3 is 1.33 bits per heavy atom. The lowest BCUT2D eigenvalue weighted by Crippen LogP contribution is -2.59. The fourth-order valence-corrected chi connectivity index (χ4v) is 8.34. The first-order valence-corrected chi connectivity index (χ1v) is 26.9. The molecule has 0 spiro atoms. The molecule has 4 N–H and O–H groups in total. The summed E-state index contributed by atoms with van der Waals surface area (Å²) in [6, 6.07) is 0. The lowest BCUT2D eigenvalue weighted by Gasteiger charge is -2.39. The molecule has 6 unspecified atom stereocenters. The van der Waals surface area contributed by atoms with Gasteiger partial charge >= 0.3 is 11.9 Å². The van der Waals surface area contributed by atoms with Crippen LogP contribution < -0.4 is 0 Å². The Morgan fingerprint density at radius 2 is 0.875 bits per heavy atom. The second-order valence-electron chi connectivity index (χ2n) is 18.7. The number of rotatable bonds is 46. The van der Waals surface area contributed by atoms with Crippen LogP contribution in [0.4, 0.5) is 0 Å². The van der Waals surface area contributed by atoms with Crippen LogP contribution in [-0.2, 0) is 28.5 Å². The minimum atomic E-state index is -1.60. The van der Waals surface area contributed by atoms with Crippen LogP contribution in [0.15, 0.2) is 24.3 Å². The molecular weight excluding hydrogens is 809 g/mol. The fraction of sp³-hybridized carbons (Fsp3) is 0.889. The number of ether oxygens (including phenoxy) is 4. The Kier molecular flexibility index (Phi) is 42.3. The lowest BCUT2D eigenvalue weighted by molar-refractivity contribution is -0.305. The summed E-state index contributed by atoms with van der Waals surface area (Å²) >= 11 is 0. The zero-order chi connectivity index (χ0) is 46.6. The fourth-order valence-electron chi connectivity index (χ4n) is 8.34. The molecule has 0 aromatic heterocycles. The second-order valence-corrected chi connectivity index (χ2v) is 18.7. The normalized spacial score (nSPS) is 19.5. The SMILES string of the molecule is CCCCC/C=C\C/C=C\CCCCCCCC(=O)OC(COC(=O)CCCCCCCCCCCCCCCCCCCCCCCCCC)COC1OC(CO)C(O)C(O)C1O. The number of carbonyl (C=O) groups is 2. The van der Waals surface area contributed by atoms with Crippen molar-refractivity contribution in [1.29, 1.82) is 0 Å². The molecule has 1 aliphatic rings. The quantitative estimate of drug-likeness (QED) is 0.0264. The first-order valence-electron chi connectivity index (χ1n) is 26.9. The van der Waals surface area contributed by atoms with Gasteiger partial charge in [0, 0.05) is 12.8 Å². The molecule has 0 aromatic rings. The zero-order valence-corrected chi connectivity index (χ0v) is 41.3. The van der Waals surface area contributed by atoms with E-state index in [0.29, 0.717) is 6.42 Å². The highest BCUT2D eigenvalue weighted by Gasteiger charge is 2.44. The molecule has 0 aromatic carbocycles. The van der Waals surface area contributed by atoms with Crippen molar-refractivity contribution in [2.24, 2.45) is 0 Å². The van der Waals surface area contributed by atoms with Gasteiger partial charge in [-0.25, -0.2) is 0 Å². The highest BCUT2D eigenvalue weighted by molar-refractivity contribution is 5.70. The number of esters is 2. The van der Waals surface area contributed by atoms with Gasteiger partial charge in [0.25, 0.3) is 0 Å².